The Morgan fingerprint density at radius 2 is 2.28 bits per heavy atom. The van der Waals surface area contributed by atoms with Crippen LogP contribution in [0.25, 0.3) is 0 Å². The molecule has 0 radical (unpaired) electrons. The number of carbonyl (C=O) groups excluding carboxylic acids is 1. The van der Waals surface area contributed by atoms with E-state index in [2.05, 4.69) is 11.0 Å². The summed E-state index contributed by atoms with van der Waals surface area (Å²) in [6.07, 6.45) is 8.72. The quantitative estimate of drug-likeness (QED) is 0.840. The number of fused-ring (bicyclic) bond motifs is 1. The molecule has 2 saturated heterocycles. The molecule has 4 unspecified atom stereocenters. The maximum absolute atomic E-state index is 13.0. The zero-order valence-electron chi connectivity index (χ0n) is 14.4. The predicted octanol–water partition coefficient (Wildman–Crippen LogP) is 1.38. The maximum Gasteiger partial charge on any atom is 0.175 e. The van der Waals surface area contributed by atoms with E-state index in [1.165, 1.54) is 12.8 Å². The number of hydrogen-bond acceptors (Lipinski definition) is 5. The Morgan fingerprint density at radius 3 is 3.04 bits per heavy atom. The van der Waals surface area contributed by atoms with Gasteiger partial charge in [0.1, 0.15) is 11.4 Å². The Labute approximate surface area is 146 Å². The highest BCUT2D eigenvalue weighted by atomic mass is 16.5. The Morgan fingerprint density at radius 1 is 1.44 bits per heavy atom. The van der Waals surface area contributed by atoms with Crippen molar-refractivity contribution in [1.29, 1.82) is 0 Å². The lowest BCUT2D eigenvalue weighted by Crippen LogP contribution is -3.02. The highest BCUT2D eigenvalue weighted by molar-refractivity contribution is 5.91. The molecule has 1 N–H and O–H groups in total. The molecule has 7 atom stereocenters. The first-order chi connectivity index (χ1) is 12.1. The van der Waals surface area contributed by atoms with Gasteiger partial charge >= 0.3 is 0 Å². The van der Waals surface area contributed by atoms with E-state index in [4.69, 9.17) is 9.47 Å². The summed E-state index contributed by atoms with van der Waals surface area (Å²) in [5, 5.41) is 12.0. The third-order valence-corrected chi connectivity index (χ3v) is 8.75. The first kappa shape index (κ1) is 13.8. The Kier molecular flexibility index (Phi) is 2.04. The van der Waals surface area contributed by atoms with Crippen molar-refractivity contribution in [3.05, 3.63) is 23.7 Å². The standard InChI is InChI=1S/C20H23NO4/c1-24-13-5-4-11-6-14-20(23)18(21(14)8-10-2-3-10)7-12(22)17-19(20,9-18)15(11)16(13)25-17/h4-5,10-11,14-15,17,23H,2-3,6-9H2,1H3/t11?,14?,15?,17-,18?,19-,20-/m0/s1. The van der Waals surface area contributed by atoms with E-state index in [0.717, 1.165) is 36.8 Å². The number of ether oxygens (including phenoxy) is 2. The zero-order valence-corrected chi connectivity index (χ0v) is 14.4. The number of carbonyl (C=O) groups is 1. The van der Waals surface area contributed by atoms with Crippen LogP contribution in [-0.2, 0) is 14.3 Å². The van der Waals surface area contributed by atoms with Crippen LogP contribution in [0.15, 0.2) is 23.7 Å². The molecule has 132 valence electrons. The smallest absolute Gasteiger partial charge is 0.175 e. The maximum atomic E-state index is 13.0. The molecule has 0 aromatic heterocycles. The molecular formula is C20H23NO4. The van der Waals surface area contributed by atoms with Crippen LogP contribution in [0.3, 0.4) is 0 Å². The summed E-state index contributed by atoms with van der Waals surface area (Å²) in [6.45, 7) is 1.06. The van der Waals surface area contributed by atoms with Crippen molar-refractivity contribution in [1.82, 2.24) is 4.90 Å². The van der Waals surface area contributed by atoms with Crippen LogP contribution in [-0.4, -0.2) is 52.7 Å². The van der Waals surface area contributed by atoms with Crippen molar-refractivity contribution in [2.45, 2.75) is 55.4 Å². The number of methoxy groups -OCH3 is 1. The molecule has 5 nitrogen and oxygen atoms in total. The number of aliphatic hydroxyl groups is 1. The first-order valence-electron chi connectivity index (χ1n) is 9.72. The number of allylic oxidation sites excluding steroid dienone is 3. The van der Waals surface area contributed by atoms with Gasteiger partial charge in [0.15, 0.2) is 17.6 Å². The third-order valence-electron chi connectivity index (χ3n) is 8.75. The number of Topliss-reactive ketones (excluding diaryl/α,β-unsaturated/α-hetero) is 1. The van der Waals surface area contributed by atoms with E-state index in [-0.39, 0.29) is 23.3 Å². The number of hydrogen-bond donors (Lipinski definition) is 1. The third kappa shape index (κ3) is 1.10. The second kappa shape index (κ2) is 3.70. The van der Waals surface area contributed by atoms with Crippen molar-refractivity contribution in [3.63, 3.8) is 0 Å². The van der Waals surface area contributed by atoms with Gasteiger partial charge in [-0.2, -0.15) is 0 Å². The predicted molar refractivity (Wildman–Crippen MR) is 87.2 cm³/mol. The lowest BCUT2D eigenvalue weighted by atomic mass is 9.26. The van der Waals surface area contributed by atoms with E-state index in [1.807, 2.05) is 6.08 Å². The van der Waals surface area contributed by atoms with Gasteiger partial charge in [-0.1, -0.05) is 6.08 Å². The van der Waals surface area contributed by atoms with E-state index in [0.29, 0.717) is 12.3 Å². The van der Waals surface area contributed by atoms with Gasteiger partial charge in [0.2, 0.25) is 0 Å². The number of piperidine rings is 1. The van der Waals surface area contributed by atoms with Crippen molar-refractivity contribution >= 4 is 5.78 Å². The van der Waals surface area contributed by atoms with Crippen LogP contribution in [0.5, 0.6) is 0 Å². The molecule has 25 heavy (non-hydrogen) atoms. The lowest BCUT2D eigenvalue weighted by Gasteiger charge is -2.87. The highest BCUT2D eigenvalue weighted by Gasteiger charge is 2.96. The van der Waals surface area contributed by atoms with Gasteiger partial charge in [-0.15, -0.1) is 0 Å². The Balaban J connectivity index is 1.42. The van der Waals surface area contributed by atoms with Gasteiger partial charge < -0.3 is 14.6 Å². The minimum Gasteiger partial charge on any atom is -0.493 e. The molecule has 2 bridgehead atoms. The molecule has 0 aromatic carbocycles. The van der Waals surface area contributed by atoms with Gasteiger partial charge in [0, 0.05) is 24.9 Å². The number of likely N-dealkylation sites (tertiary alicyclic amines) is 1. The molecule has 5 heteroatoms. The molecule has 5 saturated carbocycles. The Bertz CT molecular complexity index is 800. The SMILES string of the molecule is COC1=C2O[C@H]3C(=O)CC45C[C@]36C2C(C=C1)CC(N4CC1CC1)[C@]56O. The van der Waals surface area contributed by atoms with E-state index >= 15 is 0 Å². The average molecular weight is 341 g/mol. The lowest BCUT2D eigenvalue weighted by molar-refractivity contribution is -0.430. The monoisotopic (exact) mass is 341 g/mol. The molecule has 2 aliphatic heterocycles. The van der Waals surface area contributed by atoms with Crippen LogP contribution in [0.4, 0.5) is 0 Å². The first-order valence-corrected chi connectivity index (χ1v) is 9.72. The fraction of sp³-hybridized carbons (Fsp3) is 0.750. The topological polar surface area (TPSA) is 59.0 Å². The minimum atomic E-state index is -0.750. The minimum absolute atomic E-state index is 0.110. The molecule has 8 rings (SSSR count). The van der Waals surface area contributed by atoms with Crippen molar-refractivity contribution in [2.75, 3.05) is 13.7 Å². The van der Waals surface area contributed by atoms with E-state index in [9.17, 15) is 9.90 Å². The summed E-state index contributed by atoms with van der Waals surface area (Å²) < 4.78 is 11.8. The number of nitrogens with zero attached hydrogens (tertiary/aromatic N) is 1. The summed E-state index contributed by atoms with van der Waals surface area (Å²) in [6, 6.07) is 0.190. The molecule has 2 spiro atoms. The molecule has 2 heterocycles. The van der Waals surface area contributed by atoms with Crippen LogP contribution in [0.2, 0.25) is 0 Å². The van der Waals surface area contributed by atoms with E-state index in [1.54, 1.807) is 7.11 Å². The second-order valence-electron chi connectivity index (χ2n) is 9.44. The number of ketones is 1. The van der Waals surface area contributed by atoms with Crippen LogP contribution >= 0.6 is 0 Å². The van der Waals surface area contributed by atoms with Crippen LogP contribution < -0.4 is 0 Å². The fourth-order valence-corrected chi connectivity index (χ4v) is 7.86. The summed E-state index contributed by atoms with van der Waals surface area (Å²) in [4.78, 5) is 15.5. The summed E-state index contributed by atoms with van der Waals surface area (Å²) >= 11 is 0. The van der Waals surface area contributed by atoms with Gasteiger partial charge in [-0.05, 0) is 43.6 Å². The molecular weight excluding hydrogens is 318 g/mol. The summed E-state index contributed by atoms with van der Waals surface area (Å²) in [5.74, 6) is 2.99. The van der Waals surface area contributed by atoms with Gasteiger partial charge in [0.25, 0.3) is 0 Å². The normalized spacial score (nSPS) is 56.8. The van der Waals surface area contributed by atoms with Gasteiger partial charge in [0.05, 0.1) is 18.1 Å². The molecule has 7 fully saturated rings. The summed E-state index contributed by atoms with van der Waals surface area (Å²) in [5.41, 5.74) is -1.47. The molecule has 6 aliphatic carbocycles. The number of rotatable bonds is 3. The van der Waals surface area contributed by atoms with Crippen molar-refractivity contribution < 1.29 is 19.4 Å². The Hall–Kier alpha value is -1.33. The van der Waals surface area contributed by atoms with Crippen molar-refractivity contribution in [2.24, 2.45) is 23.2 Å². The second-order valence-corrected chi connectivity index (χ2v) is 9.44. The largest absolute Gasteiger partial charge is 0.493 e. The molecule has 0 aromatic rings. The van der Waals surface area contributed by atoms with Crippen molar-refractivity contribution in [3.8, 4) is 0 Å². The molecule has 8 aliphatic rings. The molecule has 0 amide bonds. The van der Waals surface area contributed by atoms with Crippen LogP contribution in [0, 0.1) is 23.2 Å². The average Bonchev–Trinajstić information content (AvgIpc) is 3.35. The summed E-state index contributed by atoms with van der Waals surface area (Å²) in [7, 11) is 1.66. The zero-order chi connectivity index (χ0) is 16.8. The highest BCUT2D eigenvalue weighted by Crippen LogP contribution is 2.83. The van der Waals surface area contributed by atoms with Gasteiger partial charge in [-0.25, -0.2) is 0 Å². The fourth-order valence-electron chi connectivity index (χ4n) is 7.86. The van der Waals surface area contributed by atoms with Crippen LogP contribution in [0.1, 0.15) is 32.1 Å². The van der Waals surface area contributed by atoms with Gasteiger partial charge in [-0.3, -0.25) is 9.69 Å². The van der Waals surface area contributed by atoms with E-state index < -0.39 is 17.1 Å².